The van der Waals surface area contributed by atoms with E-state index in [1.165, 1.54) is 13.8 Å². The minimum atomic E-state index is -4.75. The number of carbonyl (C=O) groups is 2. The van der Waals surface area contributed by atoms with Gasteiger partial charge in [0.2, 0.25) is 5.83 Å². The molecule has 1 aliphatic carbocycles. The molecule has 4 nitrogen and oxygen atoms in total. The normalized spacial score (nSPS) is 25.9. The van der Waals surface area contributed by atoms with Crippen molar-refractivity contribution >= 4 is 11.9 Å². The van der Waals surface area contributed by atoms with Crippen molar-refractivity contribution in [1.82, 2.24) is 0 Å². The summed E-state index contributed by atoms with van der Waals surface area (Å²) in [7, 11) is 0. The van der Waals surface area contributed by atoms with Gasteiger partial charge in [-0.05, 0) is 17.4 Å². The lowest BCUT2D eigenvalue weighted by Gasteiger charge is -2.06. The van der Waals surface area contributed by atoms with Gasteiger partial charge in [0.25, 0.3) is 0 Å². The third kappa shape index (κ3) is 3.68. The first kappa shape index (κ1) is 15.5. The largest absolute Gasteiger partial charge is 0.550 e. The molecule has 0 aromatic carbocycles. The summed E-state index contributed by atoms with van der Waals surface area (Å²) in [6.07, 6.45) is -4.08. The summed E-state index contributed by atoms with van der Waals surface area (Å²) in [4.78, 5) is 21.6. The molecule has 1 fully saturated rings. The molecule has 0 unspecified atom stereocenters. The van der Waals surface area contributed by atoms with Crippen LogP contribution in [0.4, 0.5) is 17.6 Å². The number of alkyl halides is 3. The molecule has 0 spiro atoms. The highest BCUT2D eigenvalue weighted by Crippen LogP contribution is 2.59. The average molecular weight is 283 g/mol. The zero-order valence-corrected chi connectivity index (χ0v) is 10.1. The molecule has 1 aliphatic rings. The average Bonchev–Trinajstić information content (AvgIpc) is 2.75. The Labute approximate surface area is 106 Å². The summed E-state index contributed by atoms with van der Waals surface area (Å²) in [5, 5.41) is 10.7. The van der Waals surface area contributed by atoms with Crippen molar-refractivity contribution in [2.75, 3.05) is 6.61 Å². The number of esters is 1. The molecule has 0 aromatic rings. The van der Waals surface area contributed by atoms with Crippen LogP contribution in [0.1, 0.15) is 13.8 Å². The molecule has 0 amide bonds. The van der Waals surface area contributed by atoms with E-state index in [0.717, 1.165) is 0 Å². The van der Waals surface area contributed by atoms with Gasteiger partial charge in [-0.3, -0.25) is 0 Å². The number of rotatable bonds is 4. The van der Waals surface area contributed by atoms with Crippen LogP contribution < -0.4 is 5.11 Å². The zero-order chi connectivity index (χ0) is 15.0. The van der Waals surface area contributed by atoms with Crippen LogP contribution in [0.2, 0.25) is 0 Å². The maximum absolute atomic E-state index is 13.2. The Balaban J connectivity index is 2.64. The van der Waals surface area contributed by atoms with Crippen LogP contribution in [0.3, 0.4) is 0 Å². The summed E-state index contributed by atoms with van der Waals surface area (Å²) >= 11 is 0. The van der Waals surface area contributed by atoms with Gasteiger partial charge in [0.05, 0.1) is 0 Å². The van der Waals surface area contributed by atoms with E-state index in [2.05, 4.69) is 4.74 Å². The first-order chi connectivity index (χ1) is 8.47. The molecule has 1 saturated carbocycles. The second-order valence-electron chi connectivity index (χ2n) is 4.85. The van der Waals surface area contributed by atoms with Crippen molar-refractivity contribution in [1.29, 1.82) is 0 Å². The molecule has 19 heavy (non-hydrogen) atoms. The van der Waals surface area contributed by atoms with Gasteiger partial charge in [-0.15, -0.1) is 0 Å². The first-order valence-corrected chi connectivity index (χ1v) is 5.29. The molecule has 0 radical (unpaired) electrons. The predicted octanol–water partition coefficient (Wildman–Crippen LogP) is 0.967. The SMILES string of the molecule is CC1(C)[C@H](C(=O)[O-])[C@@H]1C=C(F)C(=O)OCC(F)(F)F. The van der Waals surface area contributed by atoms with Crippen molar-refractivity contribution in [2.24, 2.45) is 17.3 Å². The Morgan fingerprint density at radius 1 is 1.37 bits per heavy atom. The van der Waals surface area contributed by atoms with Crippen LogP contribution in [-0.2, 0) is 14.3 Å². The summed E-state index contributed by atoms with van der Waals surface area (Å²) in [5.74, 6) is -6.49. The fourth-order valence-electron chi connectivity index (χ4n) is 1.88. The van der Waals surface area contributed by atoms with Crippen LogP contribution >= 0.6 is 0 Å². The maximum Gasteiger partial charge on any atom is 0.422 e. The Bertz CT molecular complexity index is 425. The van der Waals surface area contributed by atoms with E-state index in [1.54, 1.807) is 0 Å². The smallest absolute Gasteiger partial charge is 0.422 e. The fraction of sp³-hybridized carbons (Fsp3) is 0.636. The van der Waals surface area contributed by atoms with Crippen LogP contribution in [0.5, 0.6) is 0 Å². The quantitative estimate of drug-likeness (QED) is 0.438. The maximum atomic E-state index is 13.2. The molecule has 0 N–H and O–H groups in total. The molecule has 1 rings (SSSR count). The van der Waals surface area contributed by atoms with Crippen molar-refractivity contribution in [3.05, 3.63) is 11.9 Å². The number of carboxylic acid groups (broad SMARTS) is 1. The number of carbonyl (C=O) groups excluding carboxylic acids is 2. The molecule has 0 saturated heterocycles. The van der Waals surface area contributed by atoms with Gasteiger partial charge >= 0.3 is 12.1 Å². The predicted molar refractivity (Wildman–Crippen MR) is 52.0 cm³/mol. The van der Waals surface area contributed by atoms with Crippen molar-refractivity contribution in [3.63, 3.8) is 0 Å². The van der Waals surface area contributed by atoms with E-state index in [-0.39, 0.29) is 0 Å². The Hall–Kier alpha value is -1.60. The van der Waals surface area contributed by atoms with Gasteiger partial charge in [-0.1, -0.05) is 13.8 Å². The molecule has 0 aliphatic heterocycles. The number of halogens is 4. The highest BCUT2D eigenvalue weighted by molar-refractivity contribution is 5.86. The Morgan fingerprint density at radius 3 is 2.26 bits per heavy atom. The standard InChI is InChI=1S/C11H12F4O4/c1-10(2)5(7(10)8(16)17)3-6(12)9(18)19-4-11(13,14)15/h3,5,7H,4H2,1-2H3,(H,16,17)/p-1/t5-,7-/m0/s1. The summed E-state index contributed by atoms with van der Waals surface area (Å²) < 4.78 is 52.2. The van der Waals surface area contributed by atoms with Gasteiger partial charge in [0, 0.05) is 11.9 Å². The van der Waals surface area contributed by atoms with Crippen LogP contribution in [0, 0.1) is 17.3 Å². The van der Waals surface area contributed by atoms with Gasteiger partial charge in [-0.2, -0.15) is 17.6 Å². The molecule has 8 heteroatoms. The Morgan fingerprint density at radius 2 is 1.89 bits per heavy atom. The Kier molecular flexibility index (Phi) is 3.92. The number of hydrogen-bond acceptors (Lipinski definition) is 4. The highest BCUT2D eigenvalue weighted by atomic mass is 19.4. The zero-order valence-electron chi connectivity index (χ0n) is 10.1. The van der Waals surface area contributed by atoms with Gasteiger partial charge < -0.3 is 14.6 Å². The number of aliphatic carboxylic acids is 1. The van der Waals surface area contributed by atoms with Crippen molar-refractivity contribution < 1.29 is 37.0 Å². The van der Waals surface area contributed by atoms with Crippen molar-refractivity contribution in [3.8, 4) is 0 Å². The van der Waals surface area contributed by atoms with Gasteiger partial charge in [-0.25, -0.2) is 4.79 Å². The van der Waals surface area contributed by atoms with Gasteiger partial charge in [0.15, 0.2) is 6.61 Å². The highest BCUT2D eigenvalue weighted by Gasteiger charge is 2.57. The number of carboxylic acids is 1. The second kappa shape index (κ2) is 4.82. The molecule has 0 heterocycles. The third-order valence-electron chi connectivity index (χ3n) is 3.05. The van der Waals surface area contributed by atoms with Crippen LogP contribution in [0.15, 0.2) is 11.9 Å². The van der Waals surface area contributed by atoms with E-state index in [4.69, 9.17) is 0 Å². The van der Waals surface area contributed by atoms with Crippen molar-refractivity contribution in [2.45, 2.75) is 20.0 Å². The van der Waals surface area contributed by atoms with E-state index >= 15 is 0 Å². The number of ether oxygens (including phenoxy) is 1. The number of allylic oxidation sites excluding steroid dienone is 1. The molecule has 2 atom stereocenters. The lowest BCUT2D eigenvalue weighted by Crippen LogP contribution is -2.26. The fourth-order valence-corrected chi connectivity index (χ4v) is 1.88. The van der Waals surface area contributed by atoms with E-state index in [9.17, 15) is 32.3 Å². The third-order valence-corrected chi connectivity index (χ3v) is 3.05. The molecule has 0 aromatic heterocycles. The minimum absolute atomic E-state index is 0.666. The van der Waals surface area contributed by atoms with E-state index in [0.29, 0.717) is 6.08 Å². The molecular formula is C11H11F4O4-. The van der Waals surface area contributed by atoms with Crippen LogP contribution in [0.25, 0.3) is 0 Å². The molecule has 108 valence electrons. The van der Waals surface area contributed by atoms with E-state index in [1.807, 2.05) is 0 Å². The summed E-state index contributed by atoms with van der Waals surface area (Å²) in [6, 6.07) is 0. The van der Waals surface area contributed by atoms with Gasteiger partial charge in [0.1, 0.15) is 0 Å². The lowest BCUT2D eigenvalue weighted by atomic mass is 10.1. The van der Waals surface area contributed by atoms with Crippen LogP contribution in [-0.4, -0.2) is 24.7 Å². The second-order valence-corrected chi connectivity index (χ2v) is 4.85. The number of hydrogen-bond donors (Lipinski definition) is 0. The molecular weight excluding hydrogens is 272 g/mol. The topological polar surface area (TPSA) is 66.4 Å². The van der Waals surface area contributed by atoms with E-state index < -0.39 is 47.8 Å². The summed E-state index contributed by atoms with van der Waals surface area (Å²) in [5.41, 5.74) is -0.805. The molecule has 0 bridgehead atoms. The monoisotopic (exact) mass is 283 g/mol. The first-order valence-electron chi connectivity index (χ1n) is 5.29. The summed E-state index contributed by atoms with van der Waals surface area (Å²) in [6.45, 7) is 1.14. The minimum Gasteiger partial charge on any atom is -0.550 e. The lowest BCUT2D eigenvalue weighted by molar-refractivity contribution is -0.309.